The van der Waals surface area contributed by atoms with Crippen molar-refractivity contribution in [3.05, 3.63) is 193 Å². The molecule has 8 aromatic rings. The van der Waals surface area contributed by atoms with Gasteiger partial charge in [0, 0.05) is 28.4 Å². The van der Waals surface area contributed by atoms with Crippen molar-refractivity contribution in [2.75, 3.05) is 9.80 Å². The monoisotopic (exact) mass is 668 g/mol. The average molecular weight is 669 g/mol. The number of hydrogen-bond acceptors (Lipinski definition) is 3. The summed E-state index contributed by atoms with van der Waals surface area (Å²) >= 11 is 0. The highest BCUT2D eigenvalue weighted by molar-refractivity contribution is 5.98. The number of fused-ring (bicyclic) bond motifs is 5. The predicted octanol–water partition coefficient (Wildman–Crippen LogP) is 13.9. The SMILES string of the molecule is CC1(C)c2ccccc2N2c3cccc(-c4ccccc4)c3Oc3cc(N(c4ccc(-c5ccccc5)cc4)c4ccc5ccccc5c4)cc1c32. The summed E-state index contributed by atoms with van der Waals surface area (Å²) in [6.07, 6.45) is 0. The minimum absolute atomic E-state index is 0.294. The first kappa shape index (κ1) is 30.3. The fraction of sp³-hybridized carbons (Fsp3) is 0.0612. The van der Waals surface area contributed by atoms with Crippen molar-refractivity contribution < 1.29 is 4.74 Å². The summed E-state index contributed by atoms with van der Waals surface area (Å²) < 4.78 is 7.16. The molecule has 0 amide bonds. The highest BCUT2D eigenvalue weighted by Crippen LogP contribution is 2.62. The molecule has 3 nitrogen and oxygen atoms in total. The Balaban J connectivity index is 1.22. The second-order valence-corrected chi connectivity index (χ2v) is 14.2. The van der Waals surface area contributed by atoms with Crippen LogP contribution < -0.4 is 14.5 Å². The van der Waals surface area contributed by atoms with Gasteiger partial charge in [-0.15, -0.1) is 0 Å². The minimum Gasteiger partial charge on any atom is -0.452 e. The van der Waals surface area contributed by atoms with E-state index in [1.54, 1.807) is 0 Å². The summed E-state index contributed by atoms with van der Waals surface area (Å²) in [6.45, 7) is 4.68. The van der Waals surface area contributed by atoms with Crippen LogP contribution in [0.25, 0.3) is 33.0 Å². The van der Waals surface area contributed by atoms with Crippen LogP contribution in [0, 0.1) is 0 Å². The molecule has 0 unspecified atom stereocenters. The lowest BCUT2D eigenvalue weighted by Crippen LogP contribution is -2.32. The Bertz CT molecular complexity index is 2630. The number of hydrogen-bond donors (Lipinski definition) is 0. The highest BCUT2D eigenvalue weighted by atomic mass is 16.5. The average Bonchev–Trinajstić information content (AvgIpc) is 3.20. The van der Waals surface area contributed by atoms with Gasteiger partial charge in [0.1, 0.15) is 0 Å². The van der Waals surface area contributed by atoms with E-state index in [4.69, 9.17) is 4.74 Å². The predicted molar refractivity (Wildman–Crippen MR) is 216 cm³/mol. The van der Waals surface area contributed by atoms with Crippen molar-refractivity contribution in [3.63, 3.8) is 0 Å². The van der Waals surface area contributed by atoms with E-state index in [1.807, 2.05) is 0 Å². The number of anilines is 6. The van der Waals surface area contributed by atoms with E-state index in [1.165, 1.54) is 38.7 Å². The lowest BCUT2D eigenvalue weighted by molar-refractivity contribution is 0.473. The first-order chi connectivity index (χ1) is 25.5. The molecule has 0 radical (unpaired) electrons. The molecule has 3 heteroatoms. The van der Waals surface area contributed by atoms with Crippen molar-refractivity contribution >= 4 is 44.9 Å². The van der Waals surface area contributed by atoms with Crippen LogP contribution in [0.5, 0.6) is 11.5 Å². The Morgan fingerprint density at radius 2 is 1.10 bits per heavy atom. The van der Waals surface area contributed by atoms with Crippen LogP contribution in [0.2, 0.25) is 0 Å². The third kappa shape index (κ3) is 4.74. The maximum absolute atomic E-state index is 7.16. The maximum Gasteiger partial charge on any atom is 0.159 e. The minimum atomic E-state index is -0.294. The first-order valence-electron chi connectivity index (χ1n) is 17.9. The molecule has 248 valence electrons. The molecule has 2 aliphatic heterocycles. The molecule has 0 bridgehead atoms. The van der Waals surface area contributed by atoms with Gasteiger partial charge in [0.15, 0.2) is 11.5 Å². The zero-order valence-corrected chi connectivity index (χ0v) is 29.1. The van der Waals surface area contributed by atoms with Gasteiger partial charge in [-0.05, 0) is 81.1 Å². The summed E-state index contributed by atoms with van der Waals surface area (Å²) in [5.41, 5.74) is 13.3. The molecule has 0 aliphatic carbocycles. The van der Waals surface area contributed by atoms with E-state index < -0.39 is 0 Å². The molecule has 0 saturated carbocycles. The van der Waals surface area contributed by atoms with Gasteiger partial charge >= 0.3 is 0 Å². The van der Waals surface area contributed by atoms with Crippen molar-refractivity contribution in [2.45, 2.75) is 19.3 Å². The molecule has 0 fully saturated rings. The molecule has 10 rings (SSSR count). The number of nitrogens with zero attached hydrogens (tertiary/aromatic N) is 2. The fourth-order valence-corrected chi connectivity index (χ4v) is 8.18. The first-order valence-corrected chi connectivity index (χ1v) is 17.9. The van der Waals surface area contributed by atoms with Gasteiger partial charge in [0.05, 0.1) is 22.7 Å². The Hall–Kier alpha value is -6.58. The lowest BCUT2D eigenvalue weighted by atomic mass is 9.73. The van der Waals surface area contributed by atoms with Gasteiger partial charge in [0.25, 0.3) is 0 Å². The Morgan fingerprint density at radius 1 is 0.462 bits per heavy atom. The molecule has 52 heavy (non-hydrogen) atoms. The molecule has 8 aromatic carbocycles. The van der Waals surface area contributed by atoms with E-state index in [9.17, 15) is 0 Å². The Kier molecular flexibility index (Phi) is 6.84. The van der Waals surface area contributed by atoms with Gasteiger partial charge in [0.2, 0.25) is 0 Å². The number of ether oxygens (including phenoxy) is 1. The van der Waals surface area contributed by atoms with Crippen molar-refractivity contribution in [2.24, 2.45) is 0 Å². The quantitative estimate of drug-likeness (QED) is 0.182. The van der Waals surface area contributed by atoms with E-state index >= 15 is 0 Å². The van der Waals surface area contributed by atoms with Crippen molar-refractivity contribution in [1.82, 2.24) is 0 Å². The molecule has 0 N–H and O–H groups in total. The molecule has 0 aromatic heterocycles. The van der Waals surface area contributed by atoms with E-state index in [-0.39, 0.29) is 5.41 Å². The van der Waals surface area contributed by atoms with Crippen LogP contribution >= 0.6 is 0 Å². The highest BCUT2D eigenvalue weighted by Gasteiger charge is 2.42. The topological polar surface area (TPSA) is 15.7 Å². The smallest absolute Gasteiger partial charge is 0.159 e. The number of benzene rings is 8. The van der Waals surface area contributed by atoms with Gasteiger partial charge in [-0.25, -0.2) is 0 Å². The zero-order chi connectivity index (χ0) is 34.8. The van der Waals surface area contributed by atoms with Crippen LogP contribution in [0.1, 0.15) is 25.0 Å². The van der Waals surface area contributed by atoms with Crippen LogP contribution in [0.15, 0.2) is 182 Å². The Labute approximate surface area is 304 Å². The molecule has 2 aliphatic rings. The summed E-state index contributed by atoms with van der Waals surface area (Å²) in [5, 5.41) is 2.41. The van der Waals surface area contributed by atoms with Gasteiger partial charge in [-0.2, -0.15) is 0 Å². The van der Waals surface area contributed by atoms with Crippen molar-refractivity contribution in [3.8, 4) is 33.8 Å². The van der Waals surface area contributed by atoms with E-state index in [0.29, 0.717) is 0 Å². The lowest BCUT2D eigenvalue weighted by Gasteiger charge is -2.45. The normalized spacial score (nSPS) is 13.5. The maximum atomic E-state index is 7.16. The van der Waals surface area contributed by atoms with Crippen LogP contribution in [-0.2, 0) is 5.41 Å². The zero-order valence-electron chi connectivity index (χ0n) is 29.1. The second-order valence-electron chi connectivity index (χ2n) is 14.2. The van der Waals surface area contributed by atoms with Crippen LogP contribution in [-0.4, -0.2) is 0 Å². The summed E-state index contributed by atoms with van der Waals surface area (Å²) in [6, 6.07) is 65.3. The van der Waals surface area contributed by atoms with Crippen LogP contribution in [0.4, 0.5) is 34.1 Å². The van der Waals surface area contributed by atoms with Gasteiger partial charge < -0.3 is 14.5 Å². The van der Waals surface area contributed by atoms with E-state index in [0.717, 1.165) is 51.1 Å². The van der Waals surface area contributed by atoms with Gasteiger partial charge in [-0.3, -0.25) is 0 Å². The number of rotatable bonds is 5. The summed E-state index contributed by atoms with van der Waals surface area (Å²) in [5.74, 6) is 1.71. The molecule has 0 spiro atoms. The van der Waals surface area contributed by atoms with E-state index in [2.05, 4.69) is 206 Å². The standard InChI is InChI=1S/C49H36N2O/c1-49(2)42-21-11-12-22-44(42)51-45-23-13-20-41(36-17-7-4-8-18-36)48(45)52-46-32-40(31-43(49)47(46)51)50(39-29-26-34-16-9-10-19-37(34)30-39)38-27-24-35(25-28-38)33-14-5-3-6-15-33/h3-32H,1-2H3. The Morgan fingerprint density at radius 3 is 1.88 bits per heavy atom. The molecule has 0 saturated heterocycles. The number of para-hydroxylation sites is 2. The second kappa shape index (κ2) is 11.8. The van der Waals surface area contributed by atoms with Gasteiger partial charge in [-0.1, -0.05) is 147 Å². The largest absolute Gasteiger partial charge is 0.452 e. The molecular weight excluding hydrogens is 633 g/mol. The third-order valence-electron chi connectivity index (χ3n) is 10.8. The molecule has 0 atom stereocenters. The summed E-state index contributed by atoms with van der Waals surface area (Å²) in [7, 11) is 0. The third-order valence-corrected chi connectivity index (χ3v) is 10.8. The fourth-order valence-electron chi connectivity index (χ4n) is 8.18. The van der Waals surface area contributed by atoms with Crippen molar-refractivity contribution in [1.29, 1.82) is 0 Å². The molecule has 2 heterocycles. The molecular formula is C49H36N2O. The summed E-state index contributed by atoms with van der Waals surface area (Å²) in [4.78, 5) is 4.80. The van der Waals surface area contributed by atoms with Crippen LogP contribution in [0.3, 0.4) is 0 Å².